The molecule has 6 N–H and O–H groups in total. The molecule has 4 aromatic carbocycles. The summed E-state index contributed by atoms with van der Waals surface area (Å²) in [7, 11) is -14.9. The number of carbonyl (C=O) groups is 2. The molecule has 1 heterocycles. The number of nitrogens with zero attached hydrogens (tertiary/aromatic N) is 6. The number of nitrogens with one attached hydrogen (secondary N) is 2. The molecule has 0 radical (unpaired) electrons. The van der Waals surface area contributed by atoms with Crippen LogP contribution in [0.5, 0.6) is 0 Å². The Morgan fingerprint density at radius 2 is 1.42 bits per heavy atom. The van der Waals surface area contributed by atoms with Gasteiger partial charge in [0, 0.05) is 29.8 Å². The minimum absolute atomic E-state index is 0.0432. The number of carbonyl (C=O) groups excluding carboxylic acids is 2. The summed E-state index contributed by atoms with van der Waals surface area (Å²) in [5, 5.41) is 37.6. The molecular weight excluding hydrogens is 897 g/mol. The summed E-state index contributed by atoms with van der Waals surface area (Å²) in [5.41, 5.74) is 3.07. The molecule has 316 valence electrons. The van der Waals surface area contributed by atoms with Crippen molar-refractivity contribution in [3.05, 3.63) is 128 Å². The van der Waals surface area contributed by atoms with E-state index < -0.39 is 90.6 Å². The zero-order chi connectivity index (χ0) is 44.9. The second-order valence-corrected chi connectivity index (χ2v) is 18.2. The summed E-state index contributed by atoms with van der Waals surface area (Å²) in [6.45, 7) is 1.67. The van der Waals surface area contributed by atoms with Crippen LogP contribution in [0.1, 0.15) is 21.5 Å². The Hall–Kier alpha value is -7.20. The molecule has 0 spiro atoms. The van der Waals surface area contributed by atoms with E-state index >= 15 is 0 Å². The molecule has 0 unspecified atom stereocenters. The van der Waals surface area contributed by atoms with Gasteiger partial charge in [-0.05, 0) is 84.8 Å². The summed E-state index contributed by atoms with van der Waals surface area (Å²) in [4.78, 5) is 39.1. The van der Waals surface area contributed by atoms with Crippen molar-refractivity contribution in [1.82, 2.24) is 4.98 Å². The first-order valence-electron chi connectivity index (χ1n) is 17.0. The predicted octanol–water partition coefficient (Wildman–Crippen LogP) is 6.03. The SMILES string of the molecule is Cc1cc(S(=O)(=O)O)c2nc(-c3ccc(NN=C4C=C(N=Nc5cc(S(=O)(=O)O)cc6c5C(=O)C(=NNc5ccc([N+](=O)[O-])cc5)C(S(=O)(=O)O)=C6)C(O)=CC4=O)cc3)sc2c1. The third-order valence-corrected chi connectivity index (χ3v) is 12.3. The van der Waals surface area contributed by atoms with E-state index in [1.54, 1.807) is 37.3 Å². The highest BCUT2D eigenvalue weighted by atomic mass is 32.2. The summed E-state index contributed by atoms with van der Waals surface area (Å²) in [6.07, 6.45) is 2.39. The lowest BCUT2D eigenvalue weighted by Crippen LogP contribution is -2.27. The summed E-state index contributed by atoms with van der Waals surface area (Å²) < 4.78 is 103. The van der Waals surface area contributed by atoms with E-state index in [-0.39, 0.29) is 27.5 Å². The van der Waals surface area contributed by atoms with Crippen molar-refractivity contribution in [1.29, 1.82) is 0 Å². The minimum Gasteiger partial charge on any atom is -0.505 e. The van der Waals surface area contributed by atoms with E-state index in [1.807, 2.05) is 0 Å². The third kappa shape index (κ3) is 8.95. The third-order valence-electron chi connectivity index (χ3n) is 8.68. The van der Waals surface area contributed by atoms with Crippen LogP contribution in [-0.2, 0) is 35.1 Å². The average molecular weight is 921 g/mol. The van der Waals surface area contributed by atoms with Crippen LogP contribution in [0.25, 0.3) is 26.9 Å². The maximum absolute atomic E-state index is 13.9. The van der Waals surface area contributed by atoms with Crippen molar-refractivity contribution >= 4 is 104 Å². The number of anilines is 2. The van der Waals surface area contributed by atoms with Crippen LogP contribution in [0.4, 0.5) is 22.7 Å². The van der Waals surface area contributed by atoms with Gasteiger partial charge in [-0.15, -0.1) is 21.6 Å². The maximum Gasteiger partial charge on any atom is 0.296 e. The number of rotatable bonds is 11. The number of thiazole rings is 1. The van der Waals surface area contributed by atoms with E-state index in [9.17, 15) is 63.7 Å². The first kappa shape index (κ1) is 42.9. The standard InChI is InChI=1S/C36H24N8O14S4/c1-17-10-29-33(30(11-17)61(53,54)55)37-36(59-29)18-2-4-20(5-3-18)38-40-24-15-25(28(46)16-27(24)45)41-42-26-14-23(60(50,51)52)12-19-13-31(62(56,57)58)34(35(47)32(19)26)43-39-21-6-8-22(9-7-21)44(48)49/h2-16,38-39,46H,1H3,(H,50,51,52)(H,53,54,55)(H,56,57,58). The second-order valence-electron chi connectivity index (χ2n) is 13.0. The predicted molar refractivity (Wildman–Crippen MR) is 223 cm³/mol. The Bertz CT molecular complexity index is 3340. The number of hydrogen-bond donors (Lipinski definition) is 6. The minimum atomic E-state index is -5.25. The van der Waals surface area contributed by atoms with Crippen molar-refractivity contribution < 1.29 is 58.5 Å². The summed E-state index contributed by atoms with van der Waals surface area (Å²) in [5.74, 6) is -2.79. The zero-order valence-corrected chi connectivity index (χ0v) is 34.1. The van der Waals surface area contributed by atoms with Crippen LogP contribution in [-0.4, -0.2) is 76.9 Å². The molecule has 26 heteroatoms. The molecule has 0 amide bonds. The lowest BCUT2D eigenvalue weighted by Gasteiger charge is -2.18. The molecule has 1 aromatic heterocycles. The van der Waals surface area contributed by atoms with Gasteiger partial charge in [-0.3, -0.25) is 44.2 Å². The van der Waals surface area contributed by atoms with Gasteiger partial charge in [0.2, 0.25) is 11.6 Å². The van der Waals surface area contributed by atoms with Crippen LogP contribution in [0.15, 0.2) is 132 Å². The first-order valence-corrected chi connectivity index (χ1v) is 22.1. The quantitative estimate of drug-likeness (QED) is 0.0289. The highest BCUT2D eigenvalue weighted by Crippen LogP contribution is 2.37. The number of hydrogen-bond acceptors (Lipinski definition) is 19. The van der Waals surface area contributed by atoms with Crippen LogP contribution < -0.4 is 10.9 Å². The Labute approximate surface area is 352 Å². The number of ketones is 2. The molecule has 0 saturated heterocycles. The fourth-order valence-electron chi connectivity index (χ4n) is 5.82. The fraction of sp³-hybridized carbons (Fsp3) is 0.0278. The van der Waals surface area contributed by atoms with E-state index in [0.717, 1.165) is 24.3 Å². The van der Waals surface area contributed by atoms with Gasteiger partial charge in [0.25, 0.3) is 36.0 Å². The van der Waals surface area contributed by atoms with Crippen molar-refractivity contribution in [2.45, 2.75) is 16.7 Å². The van der Waals surface area contributed by atoms with Gasteiger partial charge in [0.1, 0.15) is 37.5 Å². The Balaban J connectivity index is 1.19. The number of aliphatic hydroxyl groups excluding tert-OH is 1. The van der Waals surface area contributed by atoms with Gasteiger partial charge in [-0.2, -0.15) is 35.5 Å². The molecule has 0 fully saturated rings. The second kappa shape index (κ2) is 16.0. The molecule has 22 nitrogen and oxygen atoms in total. The Kier molecular flexibility index (Phi) is 11.1. The monoisotopic (exact) mass is 920 g/mol. The van der Waals surface area contributed by atoms with Crippen molar-refractivity contribution in [3.63, 3.8) is 0 Å². The van der Waals surface area contributed by atoms with Crippen LogP contribution in [0, 0.1) is 17.0 Å². The average Bonchev–Trinajstić information content (AvgIpc) is 3.62. The van der Waals surface area contributed by atoms with Gasteiger partial charge < -0.3 is 5.11 Å². The number of nitro benzene ring substituents is 1. The van der Waals surface area contributed by atoms with E-state index in [1.165, 1.54) is 29.5 Å². The van der Waals surface area contributed by atoms with Gasteiger partial charge >= 0.3 is 0 Å². The van der Waals surface area contributed by atoms with Crippen LogP contribution in [0.3, 0.4) is 0 Å². The number of non-ortho nitro benzene ring substituents is 1. The molecule has 7 rings (SSSR count). The van der Waals surface area contributed by atoms with Gasteiger partial charge in [0.15, 0.2) is 5.71 Å². The topological polar surface area (TPSA) is 347 Å². The van der Waals surface area contributed by atoms with Crippen molar-refractivity contribution in [3.8, 4) is 10.6 Å². The zero-order valence-electron chi connectivity index (χ0n) is 30.8. The van der Waals surface area contributed by atoms with Crippen molar-refractivity contribution in [2.24, 2.45) is 20.4 Å². The van der Waals surface area contributed by atoms with E-state index in [4.69, 9.17) is 0 Å². The number of aromatic nitrogens is 1. The molecule has 2 aliphatic carbocycles. The lowest BCUT2D eigenvalue weighted by molar-refractivity contribution is -0.384. The van der Waals surface area contributed by atoms with Crippen LogP contribution >= 0.6 is 11.3 Å². The van der Waals surface area contributed by atoms with E-state index in [2.05, 4.69) is 36.3 Å². The lowest BCUT2D eigenvalue weighted by atomic mass is 9.93. The Morgan fingerprint density at radius 1 is 0.774 bits per heavy atom. The van der Waals surface area contributed by atoms with E-state index in [0.29, 0.717) is 44.7 Å². The fourth-order valence-corrected chi connectivity index (χ4v) is 8.91. The number of nitro groups is 1. The number of azo groups is 1. The number of aryl methyl sites for hydroxylation is 1. The summed E-state index contributed by atoms with van der Waals surface area (Å²) >= 11 is 1.19. The smallest absolute Gasteiger partial charge is 0.296 e. The number of benzene rings is 4. The number of fused-ring (bicyclic) bond motifs is 2. The first-order chi connectivity index (χ1) is 29.1. The number of hydrazone groups is 2. The molecule has 0 bridgehead atoms. The van der Waals surface area contributed by atoms with Gasteiger partial charge in [-0.25, -0.2) is 4.98 Å². The number of allylic oxidation sites excluding steroid dienone is 3. The Morgan fingerprint density at radius 3 is 2.03 bits per heavy atom. The largest absolute Gasteiger partial charge is 0.505 e. The van der Waals surface area contributed by atoms with Crippen molar-refractivity contribution in [2.75, 3.05) is 10.9 Å². The summed E-state index contributed by atoms with van der Waals surface area (Å²) in [6, 6.07) is 15.4. The molecule has 0 aliphatic heterocycles. The molecule has 5 aromatic rings. The maximum atomic E-state index is 13.9. The van der Waals surface area contributed by atoms with Gasteiger partial charge in [0.05, 0.1) is 37.1 Å². The van der Waals surface area contributed by atoms with Crippen LogP contribution in [0.2, 0.25) is 0 Å². The van der Waals surface area contributed by atoms with Gasteiger partial charge in [-0.1, -0.05) is 0 Å². The molecule has 0 saturated carbocycles. The number of Topliss-reactive ketones (excluding diaryl/α,β-unsaturated/α-hetero) is 1. The molecule has 0 atom stereocenters. The molecule has 62 heavy (non-hydrogen) atoms. The molecule has 2 aliphatic rings. The number of aliphatic hydroxyl groups is 1. The normalized spacial score (nSPS) is 16.0. The molecular formula is C36H24N8O14S4. The highest BCUT2D eigenvalue weighted by molar-refractivity contribution is 7.91. The highest BCUT2D eigenvalue weighted by Gasteiger charge is 2.36.